The lowest BCUT2D eigenvalue weighted by atomic mass is 9.93. The summed E-state index contributed by atoms with van der Waals surface area (Å²) in [6.07, 6.45) is 3.57. The highest BCUT2D eigenvalue weighted by molar-refractivity contribution is 5.35. The SMILES string of the molecule is c1ccc2c(c1)COC1(CC3CCC1O3)O2. The summed E-state index contributed by atoms with van der Waals surface area (Å²) in [6, 6.07) is 8.09. The normalized spacial score (nSPS) is 39.8. The van der Waals surface area contributed by atoms with Gasteiger partial charge in [-0.15, -0.1) is 0 Å². The smallest absolute Gasteiger partial charge is 0.239 e. The van der Waals surface area contributed by atoms with Crippen molar-refractivity contribution in [2.24, 2.45) is 0 Å². The van der Waals surface area contributed by atoms with Gasteiger partial charge in [-0.25, -0.2) is 0 Å². The first-order valence-corrected chi connectivity index (χ1v) is 5.92. The fraction of sp³-hybridized carbons (Fsp3) is 0.538. The van der Waals surface area contributed by atoms with Crippen molar-refractivity contribution >= 4 is 0 Å². The molecule has 0 radical (unpaired) electrons. The molecule has 3 heterocycles. The molecule has 1 spiro atoms. The van der Waals surface area contributed by atoms with E-state index in [2.05, 4.69) is 6.07 Å². The van der Waals surface area contributed by atoms with E-state index in [1.165, 1.54) is 0 Å². The first kappa shape index (κ1) is 9.02. The molecule has 1 aromatic rings. The Morgan fingerprint density at radius 3 is 2.94 bits per heavy atom. The Labute approximate surface area is 94.3 Å². The minimum absolute atomic E-state index is 0.130. The number of hydrogen-bond acceptors (Lipinski definition) is 3. The summed E-state index contributed by atoms with van der Waals surface area (Å²) >= 11 is 0. The van der Waals surface area contributed by atoms with Crippen molar-refractivity contribution in [1.82, 2.24) is 0 Å². The second-order valence-corrected chi connectivity index (χ2v) is 4.84. The molecular formula is C13H14O3. The van der Waals surface area contributed by atoms with Crippen LogP contribution in [0.25, 0.3) is 0 Å². The quantitative estimate of drug-likeness (QED) is 0.668. The third kappa shape index (κ3) is 1.10. The van der Waals surface area contributed by atoms with Crippen LogP contribution < -0.4 is 4.74 Å². The van der Waals surface area contributed by atoms with E-state index in [9.17, 15) is 0 Å². The molecule has 0 aliphatic carbocycles. The molecule has 4 rings (SSSR count). The van der Waals surface area contributed by atoms with E-state index in [4.69, 9.17) is 14.2 Å². The summed E-state index contributed by atoms with van der Waals surface area (Å²) in [5.74, 6) is 0.474. The topological polar surface area (TPSA) is 27.7 Å². The van der Waals surface area contributed by atoms with Gasteiger partial charge in [0, 0.05) is 12.0 Å². The van der Waals surface area contributed by atoms with Crippen molar-refractivity contribution in [3.63, 3.8) is 0 Å². The van der Waals surface area contributed by atoms with Crippen LogP contribution >= 0.6 is 0 Å². The lowest BCUT2D eigenvalue weighted by Crippen LogP contribution is -2.49. The molecule has 0 aromatic heterocycles. The Balaban J connectivity index is 1.70. The molecule has 3 atom stereocenters. The highest BCUT2D eigenvalue weighted by Gasteiger charge is 2.57. The molecule has 16 heavy (non-hydrogen) atoms. The zero-order valence-electron chi connectivity index (χ0n) is 9.02. The average molecular weight is 218 g/mol. The summed E-state index contributed by atoms with van der Waals surface area (Å²) in [4.78, 5) is 0. The van der Waals surface area contributed by atoms with Crippen molar-refractivity contribution < 1.29 is 14.2 Å². The van der Waals surface area contributed by atoms with E-state index in [0.717, 1.165) is 30.6 Å². The molecule has 0 saturated carbocycles. The van der Waals surface area contributed by atoms with Gasteiger partial charge < -0.3 is 14.2 Å². The van der Waals surface area contributed by atoms with Crippen LogP contribution in [-0.2, 0) is 16.1 Å². The molecule has 84 valence electrons. The third-order valence-corrected chi connectivity index (χ3v) is 3.84. The first-order valence-electron chi connectivity index (χ1n) is 5.92. The summed E-state index contributed by atoms with van der Waals surface area (Å²) in [7, 11) is 0. The maximum Gasteiger partial charge on any atom is 0.239 e. The van der Waals surface area contributed by atoms with Crippen molar-refractivity contribution in [3.05, 3.63) is 29.8 Å². The van der Waals surface area contributed by atoms with Gasteiger partial charge in [-0.05, 0) is 18.9 Å². The molecule has 2 bridgehead atoms. The van der Waals surface area contributed by atoms with Gasteiger partial charge in [0.05, 0.1) is 12.7 Å². The molecule has 3 nitrogen and oxygen atoms in total. The fourth-order valence-corrected chi connectivity index (χ4v) is 3.03. The van der Waals surface area contributed by atoms with Gasteiger partial charge in [-0.2, -0.15) is 0 Å². The van der Waals surface area contributed by atoms with E-state index >= 15 is 0 Å². The van der Waals surface area contributed by atoms with Gasteiger partial charge in [0.15, 0.2) is 0 Å². The van der Waals surface area contributed by atoms with Crippen molar-refractivity contribution in [1.29, 1.82) is 0 Å². The Bertz CT molecular complexity index is 431. The van der Waals surface area contributed by atoms with E-state index in [1.54, 1.807) is 0 Å². The second kappa shape index (κ2) is 2.99. The molecule has 3 unspecified atom stereocenters. The molecule has 0 N–H and O–H groups in total. The number of fused-ring (bicyclic) bond motifs is 4. The minimum Gasteiger partial charge on any atom is -0.459 e. The number of para-hydroxylation sites is 1. The van der Waals surface area contributed by atoms with Crippen LogP contribution in [0.4, 0.5) is 0 Å². The van der Waals surface area contributed by atoms with Gasteiger partial charge in [0.1, 0.15) is 11.9 Å². The standard InChI is InChI=1S/C13H14O3/c1-2-4-11-9(3-1)8-14-13(16-11)7-10-5-6-12(13)15-10/h1-4,10,12H,5-8H2. The predicted molar refractivity (Wildman–Crippen MR) is 57.1 cm³/mol. The molecule has 2 fully saturated rings. The molecule has 3 heteroatoms. The largest absolute Gasteiger partial charge is 0.459 e. The summed E-state index contributed by atoms with van der Waals surface area (Å²) in [5.41, 5.74) is 1.14. The Morgan fingerprint density at radius 1 is 1.19 bits per heavy atom. The van der Waals surface area contributed by atoms with Crippen LogP contribution in [-0.4, -0.2) is 18.0 Å². The third-order valence-electron chi connectivity index (χ3n) is 3.84. The van der Waals surface area contributed by atoms with E-state index in [1.807, 2.05) is 18.2 Å². The van der Waals surface area contributed by atoms with E-state index in [-0.39, 0.29) is 6.10 Å². The van der Waals surface area contributed by atoms with Crippen LogP contribution in [0.5, 0.6) is 5.75 Å². The van der Waals surface area contributed by atoms with Gasteiger partial charge in [-0.1, -0.05) is 18.2 Å². The Hall–Kier alpha value is -1.06. The maximum atomic E-state index is 6.07. The van der Waals surface area contributed by atoms with Gasteiger partial charge >= 0.3 is 0 Å². The summed E-state index contributed by atoms with van der Waals surface area (Å²) in [6.45, 7) is 0.642. The molecular weight excluding hydrogens is 204 g/mol. The summed E-state index contributed by atoms with van der Waals surface area (Å²) < 4.78 is 17.8. The molecule has 0 amide bonds. The molecule has 3 aliphatic heterocycles. The zero-order valence-corrected chi connectivity index (χ0v) is 9.02. The van der Waals surface area contributed by atoms with Crippen molar-refractivity contribution in [2.75, 3.05) is 0 Å². The monoisotopic (exact) mass is 218 g/mol. The fourth-order valence-electron chi connectivity index (χ4n) is 3.03. The van der Waals surface area contributed by atoms with Crippen LogP contribution in [0.3, 0.4) is 0 Å². The van der Waals surface area contributed by atoms with E-state index in [0.29, 0.717) is 12.7 Å². The van der Waals surface area contributed by atoms with Gasteiger partial charge in [-0.3, -0.25) is 0 Å². The number of ether oxygens (including phenoxy) is 3. The van der Waals surface area contributed by atoms with Crippen LogP contribution in [0, 0.1) is 0 Å². The van der Waals surface area contributed by atoms with Crippen LogP contribution in [0.15, 0.2) is 24.3 Å². The lowest BCUT2D eigenvalue weighted by molar-refractivity contribution is -0.230. The number of rotatable bonds is 0. The lowest BCUT2D eigenvalue weighted by Gasteiger charge is -2.39. The average Bonchev–Trinajstić information content (AvgIpc) is 2.89. The van der Waals surface area contributed by atoms with Gasteiger partial charge in [0.2, 0.25) is 5.79 Å². The van der Waals surface area contributed by atoms with E-state index < -0.39 is 5.79 Å². The number of benzene rings is 1. The van der Waals surface area contributed by atoms with Crippen LogP contribution in [0.2, 0.25) is 0 Å². The minimum atomic E-state index is -0.489. The number of hydrogen-bond donors (Lipinski definition) is 0. The highest BCUT2D eigenvalue weighted by atomic mass is 16.7. The van der Waals surface area contributed by atoms with Crippen LogP contribution in [0.1, 0.15) is 24.8 Å². The molecule has 1 aromatic carbocycles. The van der Waals surface area contributed by atoms with Crippen molar-refractivity contribution in [2.45, 2.75) is 43.9 Å². The zero-order chi connectivity index (χ0) is 10.6. The molecule has 3 aliphatic rings. The first-order chi connectivity index (χ1) is 7.86. The molecule has 2 saturated heterocycles. The summed E-state index contributed by atoms with van der Waals surface area (Å²) in [5, 5.41) is 0. The Kier molecular flexibility index (Phi) is 1.69. The van der Waals surface area contributed by atoms with Gasteiger partial charge in [0.25, 0.3) is 0 Å². The Morgan fingerprint density at radius 2 is 2.12 bits per heavy atom. The van der Waals surface area contributed by atoms with Crippen molar-refractivity contribution in [3.8, 4) is 5.75 Å². The maximum absolute atomic E-state index is 6.07. The second-order valence-electron chi connectivity index (χ2n) is 4.84. The highest BCUT2D eigenvalue weighted by Crippen LogP contribution is 2.47. The predicted octanol–water partition coefficient (Wildman–Crippen LogP) is 2.24.